The van der Waals surface area contributed by atoms with Crippen LogP contribution in [-0.4, -0.2) is 35.9 Å². The maximum atomic E-state index is 12.8. The lowest BCUT2D eigenvalue weighted by molar-refractivity contribution is -0.131. The Balaban J connectivity index is 1.38. The molecule has 1 atom stereocenters. The van der Waals surface area contributed by atoms with Gasteiger partial charge in [0.25, 0.3) is 17.7 Å². The molecule has 6 amide bonds. The summed E-state index contributed by atoms with van der Waals surface area (Å²) in [6, 6.07) is 20.5. The Kier molecular flexibility index (Phi) is 7.49. The molecule has 0 spiro atoms. The number of barbiturate groups is 1. The van der Waals surface area contributed by atoms with Gasteiger partial charge in [-0.15, -0.1) is 0 Å². The van der Waals surface area contributed by atoms with Gasteiger partial charge in [0.1, 0.15) is 0 Å². The monoisotopic (exact) mass is 595 g/mol. The summed E-state index contributed by atoms with van der Waals surface area (Å²) in [6.45, 7) is 0. The molecule has 1 fully saturated rings. The summed E-state index contributed by atoms with van der Waals surface area (Å²) in [5.74, 6) is -3.92. The van der Waals surface area contributed by atoms with E-state index in [1.807, 2.05) is 6.07 Å². The third-order valence-corrected chi connectivity index (χ3v) is 5.84. The summed E-state index contributed by atoms with van der Waals surface area (Å²) in [5, 5.41) is 8.58. The molecule has 180 valence electrons. The molecule has 1 aliphatic rings. The first kappa shape index (κ1) is 24.7. The highest BCUT2D eigenvalue weighted by molar-refractivity contribution is 14.1. The zero-order valence-electron chi connectivity index (χ0n) is 18.5. The van der Waals surface area contributed by atoms with Crippen LogP contribution in [0.15, 0.2) is 84.0 Å². The topological polar surface area (TPSA) is 137 Å². The fourth-order valence-electron chi connectivity index (χ4n) is 3.29. The van der Waals surface area contributed by atoms with Crippen molar-refractivity contribution in [3.8, 4) is 0 Å². The number of urea groups is 1. The molecule has 1 aliphatic heterocycles. The van der Waals surface area contributed by atoms with Gasteiger partial charge in [0.2, 0.25) is 5.91 Å². The number of hydrogen-bond acceptors (Lipinski definition) is 6. The highest BCUT2D eigenvalue weighted by Crippen LogP contribution is 2.21. The first-order valence-corrected chi connectivity index (χ1v) is 11.7. The number of hydrogen-bond donors (Lipinski definition) is 3. The van der Waals surface area contributed by atoms with Crippen LogP contribution in [0.25, 0.3) is 0 Å². The van der Waals surface area contributed by atoms with Gasteiger partial charge < -0.3 is 5.32 Å². The Labute approximate surface area is 218 Å². The lowest BCUT2D eigenvalue weighted by atomic mass is 10.1. The average Bonchev–Trinajstić information content (AvgIpc) is 2.88. The number of carbonyl (C=O) groups excluding carboxylic acids is 5. The molecule has 0 saturated carbocycles. The zero-order valence-corrected chi connectivity index (χ0v) is 20.6. The number of nitrogens with one attached hydrogen (secondary N) is 3. The number of anilines is 2. The van der Waals surface area contributed by atoms with Crippen molar-refractivity contribution in [1.82, 2.24) is 10.7 Å². The molecule has 3 aromatic rings. The molecule has 0 radical (unpaired) electrons. The summed E-state index contributed by atoms with van der Waals surface area (Å²) >= 11 is 2.09. The minimum absolute atomic E-state index is 0.236. The van der Waals surface area contributed by atoms with E-state index in [0.717, 1.165) is 14.7 Å². The summed E-state index contributed by atoms with van der Waals surface area (Å²) in [6.07, 6.45) is 0.968. The van der Waals surface area contributed by atoms with Crippen LogP contribution in [0.5, 0.6) is 0 Å². The van der Waals surface area contributed by atoms with E-state index in [1.165, 1.54) is 12.1 Å². The van der Waals surface area contributed by atoms with Crippen LogP contribution in [0.3, 0.4) is 0 Å². The highest BCUT2D eigenvalue weighted by Gasteiger charge is 2.40. The smallest absolute Gasteiger partial charge is 0.322 e. The molecule has 4 rings (SSSR count). The first-order valence-electron chi connectivity index (χ1n) is 10.6. The number of nitrogens with zero attached hydrogens (tertiary/aromatic N) is 2. The fourth-order valence-corrected chi connectivity index (χ4v) is 3.65. The van der Waals surface area contributed by atoms with Crippen molar-refractivity contribution in [1.29, 1.82) is 0 Å². The van der Waals surface area contributed by atoms with Crippen LogP contribution in [0.4, 0.5) is 16.2 Å². The van der Waals surface area contributed by atoms with Crippen molar-refractivity contribution in [2.75, 3.05) is 10.2 Å². The zero-order chi connectivity index (χ0) is 25.7. The van der Waals surface area contributed by atoms with Crippen molar-refractivity contribution < 1.29 is 24.0 Å². The van der Waals surface area contributed by atoms with Gasteiger partial charge in [-0.05, 0) is 83.3 Å². The highest BCUT2D eigenvalue weighted by atomic mass is 127. The maximum absolute atomic E-state index is 12.8. The van der Waals surface area contributed by atoms with Gasteiger partial charge in [0.15, 0.2) is 5.92 Å². The molecule has 1 saturated heterocycles. The second kappa shape index (κ2) is 10.9. The quantitative estimate of drug-likeness (QED) is 0.174. The Hall–Kier alpha value is -4.39. The van der Waals surface area contributed by atoms with Crippen LogP contribution in [0, 0.1) is 9.49 Å². The number of carbonyl (C=O) groups is 5. The van der Waals surface area contributed by atoms with E-state index in [4.69, 9.17) is 0 Å². The molecule has 3 N–H and O–H groups in total. The van der Waals surface area contributed by atoms with E-state index in [2.05, 4.69) is 43.8 Å². The molecule has 0 aromatic heterocycles. The number of hydrazone groups is 1. The minimum Gasteiger partial charge on any atom is -0.322 e. The third-order valence-electron chi connectivity index (χ3n) is 5.12. The molecule has 0 aliphatic carbocycles. The van der Waals surface area contributed by atoms with Crippen LogP contribution in [0.2, 0.25) is 0 Å². The third kappa shape index (κ3) is 5.63. The number of amides is 6. The Morgan fingerprint density at radius 2 is 1.50 bits per heavy atom. The van der Waals surface area contributed by atoms with Crippen molar-refractivity contribution in [3.05, 3.63) is 93.6 Å². The lowest BCUT2D eigenvalue weighted by Gasteiger charge is -2.28. The minimum atomic E-state index is -1.40. The fraction of sp³-hybridized carbons (Fsp3) is 0.0400. The molecule has 3 aromatic carbocycles. The van der Waals surface area contributed by atoms with Crippen LogP contribution in [0.1, 0.15) is 20.7 Å². The van der Waals surface area contributed by atoms with Gasteiger partial charge in [0, 0.05) is 26.6 Å². The number of benzene rings is 3. The lowest BCUT2D eigenvalue weighted by Crippen LogP contribution is -2.58. The largest absolute Gasteiger partial charge is 0.335 e. The molecule has 11 heteroatoms. The summed E-state index contributed by atoms with van der Waals surface area (Å²) in [4.78, 5) is 62.7. The SMILES string of the molecule is O=C(N/N=C\[C@@H]1C(=O)NC(=O)N(c2ccc(I)cc2)C1=O)c1ccc(NC(=O)c2ccccc2)cc1. The molecule has 0 bridgehead atoms. The Bertz CT molecular complexity index is 1360. The molecule has 36 heavy (non-hydrogen) atoms. The number of halogens is 1. The van der Waals surface area contributed by atoms with Crippen LogP contribution in [-0.2, 0) is 9.59 Å². The average molecular weight is 595 g/mol. The van der Waals surface area contributed by atoms with Crippen LogP contribution >= 0.6 is 22.6 Å². The molecule has 1 heterocycles. The van der Waals surface area contributed by atoms with Crippen molar-refractivity contribution in [2.45, 2.75) is 0 Å². The van der Waals surface area contributed by atoms with Gasteiger partial charge in [-0.1, -0.05) is 18.2 Å². The first-order chi connectivity index (χ1) is 17.3. The molecule has 10 nitrogen and oxygen atoms in total. The maximum Gasteiger partial charge on any atom is 0.335 e. The molecular formula is C25H18IN5O5. The van der Waals surface area contributed by atoms with Gasteiger partial charge in [-0.2, -0.15) is 5.10 Å². The predicted molar refractivity (Wildman–Crippen MR) is 140 cm³/mol. The van der Waals surface area contributed by atoms with Crippen molar-refractivity contribution in [3.63, 3.8) is 0 Å². The summed E-state index contributed by atoms with van der Waals surface area (Å²) in [7, 11) is 0. The van der Waals surface area contributed by atoms with Gasteiger partial charge in [-0.3, -0.25) is 24.5 Å². The van der Waals surface area contributed by atoms with Crippen molar-refractivity contribution in [2.24, 2.45) is 11.0 Å². The van der Waals surface area contributed by atoms with Gasteiger partial charge in [-0.25, -0.2) is 15.1 Å². The summed E-state index contributed by atoms with van der Waals surface area (Å²) < 4.78 is 0.907. The van der Waals surface area contributed by atoms with Crippen LogP contribution < -0.4 is 21.0 Å². The molecular weight excluding hydrogens is 577 g/mol. The normalized spacial score (nSPS) is 15.5. The molecule has 0 unspecified atom stereocenters. The van der Waals surface area contributed by atoms with E-state index >= 15 is 0 Å². The number of rotatable bonds is 6. The predicted octanol–water partition coefficient (Wildman–Crippen LogP) is 3.16. The van der Waals surface area contributed by atoms with Crippen molar-refractivity contribution >= 4 is 69.8 Å². The van der Waals surface area contributed by atoms with E-state index < -0.39 is 29.7 Å². The number of imide groups is 2. The van der Waals surface area contributed by atoms with E-state index in [0.29, 0.717) is 16.9 Å². The van der Waals surface area contributed by atoms with E-state index in [9.17, 15) is 24.0 Å². The second-order valence-electron chi connectivity index (χ2n) is 7.54. The summed E-state index contributed by atoms with van der Waals surface area (Å²) in [5.41, 5.74) is 3.78. The van der Waals surface area contributed by atoms with E-state index in [-0.39, 0.29) is 11.5 Å². The Morgan fingerprint density at radius 3 is 2.17 bits per heavy atom. The standard InChI is InChI=1S/C25H18IN5O5/c26-17-8-12-19(13-9-17)31-24(35)20(23(34)29-25(31)36)14-27-30-22(33)16-6-10-18(11-7-16)28-21(32)15-4-2-1-3-5-15/h1-14,20H,(H,28,32)(H,30,33)(H,29,34,36)/b27-14-/t20-/m1/s1. The Morgan fingerprint density at radius 1 is 0.861 bits per heavy atom. The van der Waals surface area contributed by atoms with Gasteiger partial charge >= 0.3 is 6.03 Å². The second-order valence-corrected chi connectivity index (χ2v) is 8.78. The van der Waals surface area contributed by atoms with Gasteiger partial charge in [0.05, 0.1) is 5.69 Å². The van der Waals surface area contributed by atoms with E-state index in [1.54, 1.807) is 60.7 Å².